The van der Waals surface area contributed by atoms with E-state index >= 15 is 0 Å². The van der Waals surface area contributed by atoms with Gasteiger partial charge in [0.15, 0.2) is 5.69 Å². The van der Waals surface area contributed by atoms with Gasteiger partial charge in [-0.2, -0.15) is 28.6 Å². The van der Waals surface area contributed by atoms with Crippen LogP contribution in [0.15, 0.2) is 30.5 Å². The Kier molecular flexibility index (Phi) is 3.50. The van der Waals surface area contributed by atoms with Crippen LogP contribution < -0.4 is 5.32 Å². The van der Waals surface area contributed by atoms with Crippen LogP contribution in [0.5, 0.6) is 0 Å². The van der Waals surface area contributed by atoms with Gasteiger partial charge >= 0.3 is 6.18 Å². The number of carbonyl (C=O) groups is 1. The maximum absolute atomic E-state index is 12.5. The summed E-state index contributed by atoms with van der Waals surface area (Å²) < 4.78 is 37.4. The van der Waals surface area contributed by atoms with Crippen LogP contribution >= 0.6 is 0 Å². The number of benzene rings is 1. The smallest absolute Gasteiger partial charge is 0.347 e. The second kappa shape index (κ2) is 5.09. The summed E-state index contributed by atoms with van der Waals surface area (Å²) in [5.41, 5.74) is -0.320. The lowest BCUT2D eigenvalue weighted by atomic mass is 10.1. The highest BCUT2D eigenvalue weighted by Gasteiger charge is 2.30. The number of carbonyl (C=O) groups excluding carboxylic acids is 1. The average molecular weight is 270 g/mol. The molecule has 0 aliphatic carbocycles. The maximum Gasteiger partial charge on any atom is 0.416 e. The van der Waals surface area contributed by atoms with Gasteiger partial charge in [0.2, 0.25) is 0 Å². The molecule has 0 fully saturated rings. The number of aromatic nitrogens is 3. The normalized spacial score (nSPS) is 11.3. The molecule has 19 heavy (non-hydrogen) atoms. The van der Waals surface area contributed by atoms with Gasteiger partial charge in [0.1, 0.15) is 0 Å². The third kappa shape index (κ3) is 3.30. The predicted molar refractivity (Wildman–Crippen MR) is 59.0 cm³/mol. The summed E-state index contributed by atoms with van der Waals surface area (Å²) in [5.74, 6) is -0.508. The summed E-state index contributed by atoms with van der Waals surface area (Å²) in [6.07, 6.45) is -3.17. The Hall–Kier alpha value is -2.38. The van der Waals surface area contributed by atoms with Crippen molar-refractivity contribution in [1.82, 2.24) is 20.7 Å². The molecule has 2 rings (SSSR count). The molecule has 0 atom stereocenters. The summed E-state index contributed by atoms with van der Waals surface area (Å²) in [4.78, 5) is 11.5. The van der Waals surface area contributed by atoms with E-state index in [0.29, 0.717) is 5.56 Å². The molecule has 0 saturated heterocycles. The van der Waals surface area contributed by atoms with Gasteiger partial charge in [-0.05, 0) is 17.7 Å². The van der Waals surface area contributed by atoms with Gasteiger partial charge in [-0.1, -0.05) is 12.1 Å². The summed E-state index contributed by atoms with van der Waals surface area (Å²) in [7, 11) is 0. The van der Waals surface area contributed by atoms with E-state index in [1.54, 1.807) is 0 Å². The van der Waals surface area contributed by atoms with Crippen molar-refractivity contribution in [3.8, 4) is 0 Å². The van der Waals surface area contributed by atoms with Gasteiger partial charge in [-0.3, -0.25) is 4.79 Å². The monoisotopic (exact) mass is 270 g/mol. The first-order valence-corrected chi connectivity index (χ1v) is 5.27. The molecule has 1 aromatic carbocycles. The molecule has 2 aromatic rings. The maximum atomic E-state index is 12.5. The lowest BCUT2D eigenvalue weighted by Gasteiger charge is -2.09. The Balaban J connectivity index is 2.02. The van der Waals surface area contributed by atoms with Gasteiger partial charge in [0.05, 0.1) is 11.8 Å². The zero-order valence-corrected chi connectivity index (χ0v) is 9.53. The number of alkyl halides is 3. The van der Waals surface area contributed by atoms with E-state index < -0.39 is 17.6 Å². The molecule has 0 aliphatic rings. The molecular weight excluding hydrogens is 261 g/mol. The fourth-order valence-corrected chi connectivity index (χ4v) is 1.44. The predicted octanol–water partition coefficient (Wildman–Crippen LogP) is 1.75. The van der Waals surface area contributed by atoms with E-state index in [2.05, 4.69) is 20.7 Å². The first-order valence-electron chi connectivity index (χ1n) is 5.27. The third-order valence-corrected chi connectivity index (χ3v) is 2.36. The van der Waals surface area contributed by atoms with Crippen molar-refractivity contribution in [2.75, 3.05) is 0 Å². The van der Waals surface area contributed by atoms with E-state index in [0.717, 1.165) is 12.1 Å². The summed E-state index contributed by atoms with van der Waals surface area (Å²) in [6.45, 7) is -0.0182. The number of rotatable bonds is 3. The number of nitrogens with one attached hydrogen (secondary N) is 2. The highest BCUT2D eigenvalue weighted by molar-refractivity contribution is 5.91. The Bertz CT molecular complexity index is 566. The van der Waals surface area contributed by atoms with E-state index in [-0.39, 0.29) is 12.2 Å². The fraction of sp³-hybridized carbons (Fsp3) is 0.182. The van der Waals surface area contributed by atoms with Crippen LogP contribution in [0.25, 0.3) is 0 Å². The van der Waals surface area contributed by atoms with Crippen LogP contribution in [0.2, 0.25) is 0 Å². The molecule has 0 bridgehead atoms. The number of nitrogens with zero attached hydrogens (tertiary/aromatic N) is 2. The number of aromatic amines is 1. The molecule has 8 heteroatoms. The number of hydrogen-bond donors (Lipinski definition) is 2. The molecule has 0 unspecified atom stereocenters. The zero-order valence-electron chi connectivity index (χ0n) is 9.53. The van der Waals surface area contributed by atoms with Crippen LogP contribution in [0.1, 0.15) is 21.6 Å². The molecule has 0 aliphatic heterocycles. The van der Waals surface area contributed by atoms with Crippen molar-refractivity contribution in [2.24, 2.45) is 0 Å². The SMILES string of the molecule is O=C(NCc1cccc(C(F)(F)F)c1)c1cn[nH]n1. The summed E-state index contributed by atoms with van der Waals surface area (Å²) in [6, 6.07) is 4.75. The lowest BCUT2D eigenvalue weighted by molar-refractivity contribution is -0.137. The molecule has 0 radical (unpaired) electrons. The third-order valence-electron chi connectivity index (χ3n) is 2.36. The minimum Gasteiger partial charge on any atom is -0.347 e. The minimum absolute atomic E-state index is 0.0182. The highest BCUT2D eigenvalue weighted by atomic mass is 19.4. The molecule has 1 amide bonds. The lowest BCUT2D eigenvalue weighted by Crippen LogP contribution is -2.23. The Morgan fingerprint density at radius 1 is 1.37 bits per heavy atom. The molecular formula is C11H9F3N4O. The fourth-order valence-electron chi connectivity index (χ4n) is 1.44. The van der Waals surface area contributed by atoms with E-state index in [9.17, 15) is 18.0 Å². The van der Waals surface area contributed by atoms with Crippen molar-refractivity contribution >= 4 is 5.91 Å². The van der Waals surface area contributed by atoms with Gasteiger partial charge < -0.3 is 5.32 Å². The number of hydrogen-bond acceptors (Lipinski definition) is 3. The van der Waals surface area contributed by atoms with E-state index in [1.165, 1.54) is 18.3 Å². The van der Waals surface area contributed by atoms with E-state index in [1.807, 2.05) is 0 Å². The topological polar surface area (TPSA) is 70.7 Å². The molecule has 2 N–H and O–H groups in total. The Labute approximate surface area is 105 Å². The second-order valence-electron chi connectivity index (χ2n) is 3.74. The largest absolute Gasteiger partial charge is 0.416 e. The van der Waals surface area contributed by atoms with Crippen molar-refractivity contribution in [3.05, 3.63) is 47.3 Å². The van der Waals surface area contributed by atoms with E-state index in [4.69, 9.17) is 0 Å². The van der Waals surface area contributed by atoms with Crippen LogP contribution in [-0.2, 0) is 12.7 Å². The standard InChI is InChI=1S/C11H9F3N4O/c12-11(13,14)8-3-1-2-7(4-8)5-15-10(19)9-6-16-18-17-9/h1-4,6H,5H2,(H,15,19)(H,16,17,18). The molecule has 100 valence electrons. The molecule has 1 aromatic heterocycles. The van der Waals surface area contributed by atoms with Gasteiger partial charge in [0.25, 0.3) is 5.91 Å². The number of halogens is 3. The van der Waals surface area contributed by atoms with Gasteiger partial charge in [-0.15, -0.1) is 0 Å². The van der Waals surface area contributed by atoms with Gasteiger partial charge in [-0.25, -0.2) is 0 Å². The van der Waals surface area contributed by atoms with Crippen molar-refractivity contribution in [1.29, 1.82) is 0 Å². The van der Waals surface area contributed by atoms with Crippen LogP contribution in [-0.4, -0.2) is 21.3 Å². The van der Waals surface area contributed by atoms with Crippen molar-refractivity contribution in [3.63, 3.8) is 0 Å². The average Bonchev–Trinajstić information content (AvgIpc) is 2.89. The van der Waals surface area contributed by atoms with Gasteiger partial charge in [0, 0.05) is 6.54 Å². The van der Waals surface area contributed by atoms with Crippen LogP contribution in [0.3, 0.4) is 0 Å². The molecule has 0 saturated carbocycles. The molecule has 1 heterocycles. The second-order valence-corrected chi connectivity index (χ2v) is 3.74. The Morgan fingerprint density at radius 3 is 2.79 bits per heavy atom. The zero-order chi connectivity index (χ0) is 13.9. The number of amides is 1. The molecule has 0 spiro atoms. The molecule has 5 nitrogen and oxygen atoms in total. The number of H-pyrrole nitrogens is 1. The highest BCUT2D eigenvalue weighted by Crippen LogP contribution is 2.29. The van der Waals surface area contributed by atoms with Crippen LogP contribution in [0, 0.1) is 0 Å². The minimum atomic E-state index is -4.40. The summed E-state index contributed by atoms with van der Waals surface area (Å²) in [5, 5.41) is 11.7. The van der Waals surface area contributed by atoms with Crippen molar-refractivity contribution in [2.45, 2.75) is 12.7 Å². The Morgan fingerprint density at radius 2 is 2.16 bits per heavy atom. The first kappa shape index (κ1) is 13.1. The first-order chi connectivity index (χ1) is 8.97. The van der Waals surface area contributed by atoms with Crippen molar-refractivity contribution < 1.29 is 18.0 Å². The summed E-state index contributed by atoms with van der Waals surface area (Å²) >= 11 is 0. The van der Waals surface area contributed by atoms with Crippen LogP contribution in [0.4, 0.5) is 13.2 Å². The quantitative estimate of drug-likeness (QED) is 0.892.